The molecule has 0 aromatic carbocycles. The number of carbonyl (C=O) groups excluding carboxylic acids is 1. The second-order valence-corrected chi connectivity index (χ2v) is 6.04. The van der Waals surface area contributed by atoms with Gasteiger partial charge in [-0.3, -0.25) is 10.5 Å². The van der Waals surface area contributed by atoms with Crippen LogP contribution < -0.4 is 16.0 Å². The molecule has 3 unspecified atom stereocenters. The lowest BCUT2D eigenvalue weighted by Gasteiger charge is -2.35. The number of nitrogens with zero attached hydrogens (tertiary/aromatic N) is 3. The lowest BCUT2D eigenvalue weighted by atomic mass is 10.2. The van der Waals surface area contributed by atoms with Gasteiger partial charge in [-0.25, -0.2) is 4.98 Å². The van der Waals surface area contributed by atoms with Crippen molar-refractivity contribution in [1.82, 2.24) is 14.9 Å². The number of carbonyl (C=O) groups is 1. The van der Waals surface area contributed by atoms with Gasteiger partial charge in [0.2, 0.25) is 0 Å². The maximum absolute atomic E-state index is 12.2. The van der Waals surface area contributed by atoms with Crippen molar-refractivity contribution in [3.63, 3.8) is 0 Å². The molecule has 2 rings (SSSR count). The number of hydrogen-bond acceptors (Lipinski definition) is 6. The Morgan fingerprint density at radius 2 is 1.91 bits per heavy atom. The molecular weight excluding hydrogens is 345 g/mol. The largest absolute Gasteiger partial charge is 0.386 e. The third-order valence-corrected chi connectivity index (χ3v) is 3.89. The van der Waals surface area contributed by atoms with Crippen molar-refractivity contribution in [3.05, 3.63) is 35.2 Å². The molecule has 0 radical (unpaired) electrons. The number of nitrogens with one attached hydrogen (secondary N) is 1. The topological polar surface area (TPSA) is 117 Å². The zero-order chi connectivity index (χ0) is 17.3. The summed E-state index contributed by atoms with van der Waals surface area (Å²) >= 11 is 11.3. The lowest BCUT2D eigenvalue weighted by molar-refractivity contribution is 0.0910. The van der Waals surface area contributed by atoms with E-state index >= 15 is 0 Å². The summed E-state index contributed by atoms with van der Waals surface area (Å²) in [5.41, 5.74) is 6.06. The summed E-state index contributed by atoms with van der Waals surface area (Å²) in [6.07, 6.45) is -1.60. The monoisotopic (exact) mass is 361 g/mol. The number of aliphatic hydroxyl groups excluding tert-OH is 2. The fourth-order valence-corrected chi connectivity index (χ4v) is 2.27. The van der Waals surface area contributed by atoms with Crippen LogP contribution in [0.25, 0.3) is 0 Å². The van der Waals surface area contributed by atoms with Crippen molar-refractivity contribution in [1.29, 1.82) is 0 Å². The fourth-order valence-electron chi connectivity index (χ4n) is 2.14. The molecule has 5 N–H and O–H groups in total. The van der Waals surface area contributed by atoms with Gasteiger partial charge in [0.15, 0.2) is 17.8 Å². The Morgan fingerprint density at radius 3 is 2.48 bits per heavy atom. The highest BCUT2D eigenvalue weighted by Crippen LogP contribution is 2.25. The third-order valence-electron chi connectivity index (χ3n) is 3.38. The molecule has 8 nitrogen and oxygen atoms in total. The first-order chi connectivity index (χ1) is 10.7. The molecule has 0 spiro atoms. The molecule has 23 heavy (non-hydrogen) atoms. The zero-order valence-corrected chi connectivity index (χ0v) is 13.6. The number of anilines is 1. The molecule has 1 aliphatic rings. The van der Waals surface area contributed by atoms with E-state index in [4.69, 9.17) is 28.9 Å². The van der Waals surface area contributed by atoms with Crippen molar-refractivity contribution < 1.29 is 15.0 Å². The summed E-state index contributed by atoms with van der Waals surface area (Å²) in [6.45, 7) is 6.91. The average molecular weight is 362 g/mol. The van der Waals surface area contributed by atoms with Gasteiger partial charge in [0.05, 0.1) is 19.4 Å². The second kappa shape index (κ2) is 6.90. The van der Waals surface area contributed by atoms with Crippen LogP contribution in [0, 0.1) is 0 Å². The van der Waals surface area contributed by atoms with E-state index in [9.17, 15) is 15.0 Å². The van der Waals surface area contributed by atoms with Crippen LogP contribution in [-0.2, 0) is 6.54 Å². The Balaban J connectivity index is 2.33. The van der Waals surface area contributed by atoms with Crippen LogP contribution in [0.3, 0.4) is 0 Å². The minimum Gasteiger partial charge on any atom is -0.386 e. The van der Waals surface area contributed by atoms with Gasteiger partial charge in [0, 0.05) is 10.1 Å². The number of hydrogen-bond donors (Lipinski definition) is 4. The van der Waals surface area contributed by atoms with Crippen molar-refractivity contribution in [3.8, 4) is 0 Å². The average Bonchev–Trinajstić information content (AvgIpc) is 2.86. The first kappa shape index (κ1) is 17.8. The molecule has 1 aliphatic heterocycles. The number of β-amino-alcohol motifs (C(OH)–C–C–N with tert-alkyl or cyclic N) is 1. The highest BCUT2D eigenvalue weighted by Gasteiger charge is 2.34. The van der Waals surface area contributed by atoms with Gasteiger partial charge < -0.3 is 25.0 Å². The van der Waals surface area contributed by atoms with E-state index in [-0.39, 0.29) is 34.7 Å². The first-order valence-electron chi connectivity index (χ1n) is 6.65. The SMILES string of the molecule is C=C(Cl)C(O)CN1c2ncn(CC(O)C(=C)Cl)c2C(=O)NC1N. The van der Waals surface area contributed by atoms with Gasteiger partial charge in [-0.05, 0) is 0 Å². The third kappa shape index (κ3) is 3.67. The Labute approximate surface area is 142 Å². The molecule has 0 fully saturated rings. The molecule has 0 bridgehead atoms. The molecule has 126 valence electrons. The van der Waals surface area contributed by atoms with E-state index in [2.05, 4.69) is 23.5 Å². The lowest BCUT2D eigenvalue weighted by Crippen LogP contribution is -2.60. The van der Waals surface area contributed by atoms with Gasteiger partial charge >= 0.3 is 0 Å². The van der Waals surface area contributed by atoms with Crippen LogP contribution >= 0.6 is 23.2 Å². The van der Waals surface area contributed by atoms with Crippen LogP contribution in [0.5, 0.6) is 0 Å². The summed E-state index contributed by atoms with van der Waals surface area (Å²) in [4.78, 5) is 17.8. The van der Waals surface area contributed by atoms with Gasteiger partial charge in [-0.2, -0.15) is 0 Å². The van der Waals surface area contributed by atoms with E-state index in [1.807, 2.05) is 0 Å². The number of rotatable bonds is 6. The van der Waals surface area contributed by atoms with E-state index in [0.717, 1.165) is 0 Å². The summed E-state index contributed by atoms with van der Waals surface area (Å²) < 4.78 is 1.43. The molecule has 3 atom stereocenters. The van der Waals surface area contributed by atoms with E-state index in [1.165, 1.54) is 15.8 Å². The first-order valence-corrected chi connectivity index (χ1v) is 7.41. The number of imidazole rings is 1. The number of fused-ring (bicyclic) bond motifs is 1. The van der Waals surface area contributed by atoms with Crippen molar-refractivity contribution >= 4 is 34.9 Å². The molecule has 2 heterocycles. The highest BCUT2D eigenvalue weighted by molar-refractivity contribution is 6.30. The number of halogens is 2. The van der Waals surface area contributed by atoms with Crippen molar-refractivity contribution in [2.24, 2.45) is 5.73 Å². The summed E-state index contributed by atoms with van der Waals surface area (Å²) in [5.74, 6) is -0.182. The van der Waals surface area contributed by atoms with Gasteiger partial charge in [0.25, 0.3) is 5.91 Å². The van der Waals surface area contributed by atoms with Crippen LogP contribution in [0.4, 0.5) is 5.82 Å². The number of aromatic nitrogens is 2. The molecular formula is C13H17Cl2N5O3. The minimum absolute atomic E-state index is 0.00143. The van der Waals surface area contributed by atoms with E-state index < -0.39 is 24.4 Å². The van der Waals surface area contributed by atoms with Crippen LogP contribution in [0.1, 0.15) is 10.5 Å². The number of aliphatic hydroxyl groups is 2. The molecule has 1 aromatic heterocycles. The van der Waals surface area contributed by atoms with Crippen molar-refractivity contribution in [2.75, 3.05) is 11.4 Å². The highest BCUT2D eigenvalue weighted by atomic mass is 35.5. The van der Waals surface area contributed by atoms with Gasteiger partial charge in [-0.1, -0.05) is 36.4 Å². The Hall–Kier alpha value is -1.58. The summed E-state index contributed by atoms with van der Waals surface area (Å²) in [7, 11) is 0. The zero-order valence-electron chi connectivity index (χ0n) is 12.1. The van der Waals surface area contributed by atoms with Crippen LogP contribution in [-0.4, -0.2) is 50.7 Å². The maximum Gasteiger partial charge on any atom is 0.274 e. The Bertz CT molecular complexity index is 648. The predicted octanol–water partition coefficient (Wildman–Crippen LogP) is -0.0980. The van der Waals surface area contributed by atoms with Crippen LogP contribution in [0.2, 0.25) is 0 Å². The molecule has 0 saturated heterocycles. The second-order valence-electron chi connectivity index (χ2n) is 5.07. The molecule has 0 saturated carbocycles. The van der Waals surface area contributed by atoms with E-state index in [1.54, 1.807) is 0 Å². The van der Waals surface area contributed by atoms with Crippen LogP contribution in [0.15, 0.2) is 29.5 Å². The maximum atomic E-state index is 12.2. The number of amides is 1. The molecule has 1 aromatic rings. The Kier molecular flexibility index (Phi) is 5.33. The van der Waals surface area contributed by atoms with Crippen molar-refractivity contribution in [2.45, 2.75) is 25.0 Å². The van der Waals surface area contributed by atoms with Gasteiger partial charge in [0.1, 0.15) is 12.2 Å². The predicted molar refractivity (Wildman–Crippen MR) is 87.0 cm³/mol. The van der Waals surface area contributed by atoms with E-state index in [0.29, 0.717) is 0 Å². The summed E-state index contributed by atoms with van der Waals surface area (Å²) in [5, 5.41) is 22.3. The Morgan fingerprint density at radius 1 is 1.35 bits per heavy atom. The molecule has 10 heteroatoms. The quantitative estimate of drug-likeness (QED) is 0.562. The number of nitrogens with two attached hydrogens (primary N) is 1. The minimum atomic E-state index is -1.05. The summed E-state index contributed by atoms with van der Waals surface area (Å²) in [6, 6.07) is 0. The standard InChI is InChI=1S/C13H17Cl2N5O3/c1-6(14)8(21)3-19-5-17-11-10(19)12(23)18-13(16)20(11)4-9(22)7(2)15/h5,8-9,13,21-22H,1-4,16H2,(H,18,23). The molecule has 1 amide bonds. The molecule has 0 aliphatic carbocycles. The smallest absolute Gasteiger partial charge is 0.274 e. The normalized spacial score (nSPS) is 19.8. The van der Waals surface area contributed by atoms with Gasteiger partial charge in [-0.15, -0.1) is 0 Å². The fraction of sp³-hybridized carbons (Fsp3) is 0.385.